The molecule has 70 valence electrons. The first-order valence-corrected chi connectivity index (χ1v) is 4.99. The van der Waals surface area contributed by atoms with Crippen LogP contribution in [0.3, 0.4) is 0 Å². The van der Waals surface area contributed by atoms with Crippen LogP contribution in [0.25, 0.3) is 0 Å². The first-order chi connectivity index (χ1) is 6.09. The van der Waals surface area contributed by atoms with Crippen molar-refractivity contribution in [3.8, 4) is 5.75 Å². The van der Waals surface area contributed by atoms with E-state index in [4.69, 9.17) is 16.3 Å². The minimum atomic E-state index is 0.528. The first kappa shape index (κ1) is 10.6. The number of hydrogen-bond donors (Lipinski definition) is 0. The fraction of sp³-hybridized carbons (Fsp3) is 0.200. The fourth-order valence-corrected chi connectivity index (χ4v) is 1.59. The zero-order valence-corrected chi connectivity index (χ0v) is 9.65. The zero-order valence-electron chi connectivity index (χ0n) is 7.31. The Morgan fingerprint density at radius 1 is 1.62 bits per heavy atom. The third kappa shape index (κ3) is 3.41. The fourth-order valence-electron chi connectivity index (χ4n) is 0.793. The standard InChI is InChI=1S/C10H10BrClO/c1-7(2)6-13-10-4-3-8(12)5-9(10)11/h3-5H,1,6H2,2H3. The summed E-state index contributed by atoms with van der Waals surface area (Å²) in [6.07, 6.45) is 0. The van der Waals surface area contributed by atoms with Crippen LogP contribution < -0.4 is 4.74 Å². The van der Waals surface area contributed by atoms with Crippen molar-refractivity contribution in [2.45, 2.75) is 6.92 Å². The Bertz CT molecular complexity index is 323. The van der Waals surface area contributed by atoms with Crippen LogP contribution in [0, 0.1) is 0 Å². The molecule has 0 aliphatic rings. The molecule has 1 aromatic carbocycles. The number of halogens is 2. The predicted octanol–water partition coefficient (Wildman–Crippen LogP) is 4.06. The van der Waals surface area contributed by atoms with Crippen molar-refractivity contribution < 1.29 is 4.74 Å². The Hall–Kier alpha value is -0.470. The van der Waals surface area contributed by atoms with Gasteiger partial charge in [0.15, 0.2) is 0 Å². The van der Waals surface area contributed by atoms with Crippen LogP contribution in [0.15, 0.2) is 34.8 Å². The van der Waals surface area contributed by atoms with Crippen LogP contribution in [0.2, 0.25) is 5.02 Å². The zero-order chi connectivity index (χ0) is 9.84. The van der Waals surface area contributed by atoms with Crippen LogP contribution in [-0.2, 0) is 0 Å². The molecule has 0 spiro atoms. The maximum atomic E-state index is 5.78. The van der Waals surface area contributed by atoms with Crippen molar-refractivity contribution in [1.29, 1.82) is 0 Å². The maximum Gasteiger partial charge on any atom is 0.134 e. The van der Waals surface area contributed by atoms with Gasteiger partial charge in [-0.1, -0.05) is 18.2 Å². The minimum Gasteiger partial charge on any atom is -0.488 e. The summed E-state index contributed by atoms with van der Waals surface area (Å²) in [6.45, 7) is 6.20. The average molecular weight is 262 g/mol. The lowest BCUT2D eigenvalue weighted by molar-refractivity contribution is 0.350. The van der Waals surface area contributed by atoms with Crippen LogP contribution >= 0.6 is 27.5 Å². The van der Waals surface area contributed by atoms with Gasteiger partial charge in [0, 0.05) is 5.02 Å². The van der Waals surface area contributed by atoms with Gasteiger partial charge in [0.25, 0.3) is 0 Å². The third-order valence-corrected chi connectivity index (χ3v) is 2.22. The Morgan fingerprint density at radius 2 is 2.31 bits per heavy atom. The Kier molecular flexibility index (Phi) is 3.82. The van der Waals surface area contributed by atoms with Gasteiger partial charge in [0.05, 0.1) is 4.47 Å². The Morgan fingerprint density at radius 3 is 2.85 bits per heavy atom. The molecular formula is C10H10BrClO. The summed E-state index contributed by atoms with van der Waals surface area (Å²) in [7, 11) is 0. The van der Waals surface area contributed by atoms with Gasteiger partial charge in [-0.25, -0.2) is 0 Å². The molecule has 13 heavy (non-hydrogen) atoms. The van der Waals surface area contributed by atoms with E-state index in [9.17, 15) is 0 Å². The lowest BCUT2D eigenvalue weighted by atomic mass is 10.3. The van der Waals surface area contributed by atoms with Gasteiger partial charge in [-0.05, 0) is 46.6 Å². The minimum absolute atomic E-state index is 0.528. The Labute approximate surface area is 91.5 Å². The second kappa shape index (κ2) is 4.68. The first-order valence-electron chi connectivity index (χ1n) is 3.82. The van der Waals surface area contributed by atoms with E-state index < -0.39 is 0 Å². The summed E-state index contributed by atoms with van der Waals surface area (Å²) in [5.41, 5.74) is 0.988. The number of hydrogen-bond acceptors (Lipinski definition) is 1. The smallest absolute Gasteiger partial charge is 0.134 e. The number of rotatable bonds is 3. The van der Waals surface area contributed by atoms with E-state index in [1.54, 1.807) is 12.1 Å². The highest BCUT2D eigenvalue weighted by molar-refractivity contribution is 9.10. The molecule has 1 nitrogen and oxygen atoms in total. The van der Waals surface area contributed by atoms with Crippen LogP contribution in [-0.4, -0.2) is 6.61 Å². The highest BCUT2D eigenvalue weighted by Gasteiger charge is 2.00. The summed E-state index contributed by atoms with van der Waals surface area (Å²) in [5, 5.41) is 0.689. The molecule has 0 saturated carbocycles. The number of benzene rings is 1. The van der Waals surface area contributed by atoms with Crippen molar-refractivity contribution in [2.75, 3.05) is 6.61 Å². The molecule has 1 rings (SSSR count). The lowest BCUT2D eigenvalue weighted by Gasteiger charge is -2.07. The molecule has 0 N–H and O–H groups in total. The van der Waals surface area contributed by atoms with Crippen molar-refractivity contribution in [3.63, 3.8) is 0 Å². The summed E-state index contributed by atoms with van der Waals surface area (Å²) >= 11 is 9.13. The second-order valence-electron chi connectivity index (χ2n) is 2.82. The van der Waals surface area contributed by atoms with Crippen LogP contribution in [0.1, 0.15) is 6.92 Å². The van der Waals surface area contributed by atoms with Crippen LogP contribution in [0.5, 0.6) is 5.75 Å². The summed E-state index contributed by atoms with van der Waals surface area (Å²) < 4.78 is 6.31. The van der Waals surface area contributed by atoms with Gasteiger partial charge < -0.3 is 4.74 Å². The molecule has 0 heterocycles. The highest BCUT2D eigenvalue weighted by atomic mass is 79.9. The van der Waals surface area contributed by atoms with Gasteiger partial charge >= 0.3 is 0 Å². The molecule has 0 atom stereocenters. The molecule has 0 aliphatic carbocycles. The van der Waals surface area contributed by atoms with Gasteiger partial charge in [-0.3, -0.25) is 0 Å². The highest BCUT2D eigenvalue weighted by Crippen LogP contribution is 2.28. The second-order valence-corrected chi connectivity index (χ2v) is 4.11. The lowest BCUT2D eigenvalue weighted by Crippen LogP contribution is -1.97. The summed E-state index contributed by atoms with van der Waals surface area (Å²) in [4.78, 5) is 0. The largest absolute Gasteiger partial charge is 0.488 e. The normalized spacial score (nSPS) is 9.77. The Balaban J connectivity index is 2.72. The number of ether oxygens (including phenoxy) is 1. The SMILES string of the molecule is C=C(C)COc1ccc(Cl)cc1Br. The van der Waals surface area contributed by atoms with E-state index in [2.05, 4.69) is 22.5 Å². The topological polar surface area (TPSA) is 9.23 Å². The molecule has 0 fully saturated rings. The van der Waals surface area contributed by atoms with Gasteiger partial charge in [0.1, 0.15) is 12.4 Å². The predicted molar refractivity (Wildman–Crippen MR) is 59.5 cm³/mol. The van der Waals surface area contributed by atoms with E-state index >= 15 is 0 Å². The maximum absolute atomic E-state index is 5.78. The van der Waals surface area contributed by atoms with E-state index in [0.717, 1.165) is 15.8 Å². The molecule has 3 heteroatoms. The van der Waals surface area contributed by atoms with Crippen molar-refractivity contribution in [3.05, 3.63) is 39.8 Å². The average Bonchev–Trinajstić information content (AvgIpc) is 2.02. The molecule has 1 aromatic rings. The molecule has 0 bridgehead atoms. The van der Waals surface area contributed by atoms with Crippen molar-refractivity contribution in [1.82, 2.24) is 0 Å². The van der Waals surface area contributed by atoms with E-state index in [-0.39, 0.29) is 0 Å². The van der Waals surface area contributed by atoms with Crippen LogP contribution in [0.4, 0.5) is 0 Å². The summed E-state index contributed by atoms with van der Waals surface area (Å²) in [5.74, 6) is 0.785. The quantitative estimate of drug-likeness (QED) is 0.746. The molecule has 0 unspecified atom stereocenters. The van der Waals surface area contributed by atoms with E-state index in [1.165, 1.54) is 0 Å². The molecule has 0 radical (unpaired) electrons. The van der Waals surface area contributed by atoms with Gasteiger partial charge in [0.2, 0.25) is 0 Å². The molecule has 0 aliphatic heterocycles. The van der Waals surface area contributed by atoms with Gasteiger partial charge in [-0.2, -0.15) is 0 Å². The molecule has 0 amide bonds. The van der Waals surface area contributed by atoms with E-state index in [1.807, 2.05) is 13.0 Å². The van der Waals surface area contributed by atoms with Gasteiger partial charge in [-0.15, -0.1) is 0 Å². The molecule has 0 aromatic heterocycles. The van der Waals surface area contributed by atoms with Crippen molar-refractivity contribution >= 4 is 27.5 Å². The van der Waals surface area contributed by atoms with Crippen molar-refractivity contribution in [2.24, 2.45) is 0 Å². The third-order valence-electron chi connectivity index (χ3n) is 1.37. The van der Waals surface area contributed by atoms with E-state index in [0.29, 0.717) is 11.6 Å². The molecular weight excluding hydrogens is 251 g/mol. The molecule has 0 saturated heterocycles. The summed E-state index contributed by atoms with van der Waals surface area (Å²) in [6, 6.07) is 5.42. The monoisotopic (exact) mass is 260 g/mol.